The van der Waals surface area contributed by atoms with Crippen LogP contribution < -0.4 is 5.73 Å². The molecule has 5 rings (SSSR count). The van der Waals surface area contributed by atoms with Crippen molar-refractivity contribution in [2.75, 3.05) is 5.73 Å². The van der Waals surface area contributed by atoms with Gasteiger partial charge in [0.05, 0.1) is 10.6 Å². The van der Waals surface area contributed by atoms with Gasteiger partial charge >= 0.3 is 0 Å². The molecule has 0 atom stereocenters. The van der Waals surface area contributed by atoms with Crippen LogP contribution in [0.2, 0.25) is 0 Å². The first-order valence-corrected chi connectivity index (χ1v) is 8.34. The summed E-state index contributed by atoms with van der Waals surface area (Å²) in [5.74, 6) is 2.89. The largest absolute Gasteiger partial charge is 0.390 e. The summed E-state index contributed by atoms with van der Waals surface area (Å²) in [6.07, 6.45) is 8.22. The Bertz CT molecular complexity index is 510. The van der Waals surface area contributed by atoms with Gasteiger partial charge in [-0.1, -0.05) is 0 Å². The van der Waals surface area contributed by atoms with Gasteiger partial charge in [-0.3, -0.25) is 4.79 Å². The third kappa shape index (κ3) is 1.63. The van der Waals surface area contributed by atoms with Crippen LogP contribution in [0.3, 0.4) is 0 Å². The average Bonchev–Trinajstić information content (AvgIpc) is 2.70. The molecule has 0 amide bonds. The quantitative estimate of drug-likeness (QED) is 0.829. The van der Waals surface area contributed by atoms with E-state index < -0.39 is 0 Å². The van der Waals surface area contributed by atoms with Crippen LogP contribution in [0, 0.1) is 17.8 Å². The zero-order valence-electron chi connectivity index (χ0n) is 11.4. The fourth-order valence-corrected chi connectivity index (χ4v) is 6.55. The van der Waals surface area contributed by atoms with Crippen LogP contribution >= 0.6 is 11.3 Å². The smallest absolute Gasteiger partial charge is 0.163 e. The number of carbonyl (C=O) groups is 1. The summed E-state index contributed by atoms with van der Waals surface area (Å²) in [6.45, 7) is 1.67. The number of ketones is 1. The first-order chi connectivity index (χ1) is 9.07. The van der Waals surface area contributed by atoms with Crippen molar-refractivity contribution in [3.05, 3.63) is 16.5 Å². The van der Waals surface area contributed by atoms with E-state index in [9.17, 15) is 4.79 Å². The fraction of sp³-hybridized carbons (Fsp3) is 0.688. The zero-order chi connectivity index (χ0) is 13.2. The number of anilines is 1. The topological polar surface area (TPSA) is 43.1 Å². The molecule has 102 valence electrons. The maximum Gasteiger partial charge on any atom is 0.163 e. The predicted octanol–water partition coefficient (Wildman–Crippen LogP) is 4.00. The molecule has 0 radical (unpaired) electrons. The summed E-state index contributed by atoms with van der Waals surface area (Å²) < 4.78 is 0. The van der Waals surface area contributed by atoms with E-state index in [-0.39, 0.29) is 5.78 Å². The van der Waals surface area contributed by atoms with E-state index in [2.05, 4.69) is 5.38 Å². The molecule has 1 aromatic rings. The number of hydrogen-bond donors (Lipinski definition) is 1. The first kappa shape index (κ1) is 12.0. The predicted molar refractivity (Wildman–Crippen MR) is 78.6 cm³/mol. The Morgan fingerprint density at radius 2 is 1.74 bits per heavy atom. The molecule has 4 fully saturated rings. The molecule has 4 aliphatic rings. The molecule has 1 heterocycles. The standard InChI is InChI=1S/C16H21NOS/c1-9(18)14-13(8-19-15(14)17)16-5-10-2-11(6-16)4-12(3-10)7-16/h8,10-12H,2-7,17H2,1H3. The van der Waals surface area contributed by atoms with Gasteiger partial charge in [0.25, 0.3) is 0 Å². The van der Waals surface area contributed by atoms with Crippen LogP contribution in [0.15, 0.2) is 5.38 Å². The van der Waals surface area contributed by atoms with E-state index in [1.165, 1.54) is 44.1 Å². The summed E-state index contributed by atoms with van der Waals surface area (Å²) in [4.78, 5) is 12.0. The third-order valence-electron chi connectivity index (χ3n) is 5.78. The van der Waals surface area contributed by atoms with Crippen LogP contribution in [0.5, 0.6) is 0 Å². The molecule has 4 aliphatic carbocycles. The Morgan fingerprint density at radius 1 is 1.21 bits per heavy atom. The van der Waals surface area contributed by atoms with Crippen molar-refractivity contribution in [3.8, 4) is 0 Å². The third-order valence-corrected chi connectivity index (χ3v) is 6.59. The van der Waals surface area contributed by atoms with Crippen molar-refractivity contribution in [3.63, 3.8) is 0 Å². The molecule has 0 spiro atoms. The molecule has 2 N–H and O–H groups in total. The molecular weight excluding hydrogens is 254 g/mol. The minimum absolute atomic E-state index is 0.157. The lowest BCUT2D eigenvalue weighted by atomic mass is 9.48. The van der Waals surface area contributed by atoms with Gasteiger partial charge in [0, 0.05) is 0 Å². The van der Waals surface area contributed by atoms with Gasteiger partial charge in [0.2, 0.25) is 0 Å². The van der Waals surface area contributed by atoms with Crippen LogP contribution in [0.25, 0.3) is 0 Å². The van der Waals surface area contributed by atoms with E-state index in [1.54, 1.807) is 18.3 Å². The summed E-state index contributed by atoms with van der Waals surface area (Å²) in [5.41, 5.74) is 8.51. The van der Waals surface area contributed by atoms with Crippen molar-refractivity contribution >= 4 is 22.1 Å². The van der Waals surface area contributed by atoms with Gasteiger partial charge in [-0.05, 0) is 79.6 Å². The van der Waals surface area contributed by atoms with E-state index in [0.29, 0.717) is 5.41 Å². The van der Waals surface area contributed by atoms with Crippen LogP contribution in [-0.2, 0) is 5.41 Å². The highest BCUT2D eigenvalue weighted by atomic mass is 32.1. The number of thiophene rings is 1. The van der Waals surface area contributed by atoms with E-state index in [4.69, 9.17) is 5.73 Å². The number of Topliss-reactive ketones (excluding diaryl/α,β-unsaturated/α-hetero) is 1. The highest BCUT2D eigenvalue weighted by Gasteiger charge is 2.52. The molecule has 0 saturated heterocycles. The van der Waals surface area contributed by atoms with Gasteiger partial charge in [-0.25, -0.2) is 0 Å². The SMILES string of the molecule is CC(=O)c1c(C23CC4CC(CC(C4)C2)C3)csc1N. The molecule has 1 aromatic heterocycles. The normalized spacial score (nSPS) is 39.7. The molecule has 0 unspecified atom stereocenters. The molecular formula is C16H21NOS. The van der Waals surface area contributed by atoms with Crippen molar-refractivity contribution in [2.45, 2.75) is 50.9 Å². The van der Waals surface area contributed by atoms with E-state index in [0.717, 1.165) is 28.3 Å². The second-order valence-corrected chi connectivity index (χ2v) is 8.05. The van der Waals surface area contributed by atoms with Gasteiger partial charge in [-0.15, -0.1) is 11.3 Å². The number of nitrogen functional groups attached to an aromatic ring is 1. The lowest BCUT2D eigenvalue weighted by Crippen LogP contribution is -2.48. The summed E-state index contributed by atoms with van der Waals surface area (Å²) in [5, 5.41) is 2.93. The Labute approximate surface area is 118 Å². The first-order valence-electron chi connectivity index (χ1n) is 7.46. The average molecular weight is 275 g/mol. The lowest BCUT2D eigenvalue weighted by molar-refractivity contribution is -0.00528. The van der Waals surface area contributed by atoms with Crippen molar-refractivity contribution in [1.82, 2.24) is 0 Å². The van der Waals surface area contributed by atoms with Gasteiger partial charge in [-0.2, -0.15) is 0 Å². The Morgan fingerprint density at radius 3 is 2.21 bits per heavy atom. The number of hydrogen-bond acceptors (Lipinski definition) is 3. The minimum atomic E-state index is 0.157. The Hall–Kier alpha value is -0.830. The van der Waals surface area contributed by atoms with Crippen molar-refractivity contribution in [1.29, 1.82) is 0 Å². The van der Waals surface area contributed by atoms with Crippen LogP contribution in [-0.4, -0.2) is 5.78 Å². The minimum Gasteiger partial charge on any atom is -0.390 e. The summed E-state index contributed by atoms with van der Waals surface area (Å²) in [6, 6.07) is 0. The summed E-state index contributed by atoms with van der Waals surface area (Å²) in [7, 11) is 0. The fourth-order valence-electron chi connectivity index (χ4n) is 5.57. The maximum atomic E-state index is 12.0. The molecule has 4 bridgehead atoms. The summed E-state index contributed by atoms with van der Waals surface area (Å²) >= 11 is 1.57. The Kier molecular flexibility index (Phi) is 2.42. The number of rotatable bonds is 2. The highest BCUT2D eigenvalue weighted by molar-refractivity contribution is 7.14. The lowest BCUT2D eigenvalue weighted by Gasteiger charge is -2.57. The number of nitrogens with two attached hydrogens (primary N) is 1. The molecule has 0 aromatic carbocycles. The van der Waals surface area contributed by atoms with E-state index >= 15 is 0 Å². The van der Waals surface area contributed by atoms with Gasteiger partial charge < -0.3 is 5.73 Å². The monoisotopic (exact) mass is 275 g/mol. The Balaban J connectivity index is 1.82. The van der Waals surface area contributed by atoms with Gasteiger partial charge in [0.15, 0.2) is 5.78 Å². The van der Waals surface area contributed by atoms with Crippen molar-refractivity contribution < 1.29 is 4.79 Å². The maximum absolute atomic E-state index is 12.0. The van der Waals surface area contributed by atoms with Crippen LogP contribution in [0.4, 0.5) is 5.00 Å². The highest BCUT2D eigenvalue weighted by Crippen LogP contribution is 2.61. The van der Waals surface area contributed by atoms with Gasteiger partial charge in [0.1, 0.15) is 0 Å². The van der Waals surface area contributed by atoms with E-state index in [1.807, 2.05) is 0 Å². The molecule has 3 heteroatoms. The number of carbonyl (C=O) groups excluding carboxylic acids is 1. The van der Waals surface area contributed by atoms with Crippen LogP contribution in [0.1, 0.15) is 61.4 Å². The second kappa shape index (κ2) is 3.85. The van der Waals surface area contributed by atoms with Crippen molar-refractivity contribution in [2.24, 2.45) is 17.8 Å². The molecule has 4 saturated carbocycles. The molecule has 19 heavy (non-hydrogen) atoms. The second-order valence-electron chi connectivity index (χ2n) is 7.14. The molecule has 2 nitrogen and oxygen atoms in total. The molecule has 0 aliphatic heterocycles. The zero-order valence-corrected chi connectivity index (χ0v) is 12.3.